The van der Waals surface area contributed by atoms with Gasteiger partial charge in [-0.25, -0.2) is 4.68 Å². The number of hydrogen-bond donors (Lipinski definition) is 0. The number of ether oxygens (including phenoxy) is 1. The Morgan fingerprint density at radius 1 is 0.966 bits per heavy atom. The van der Waals surface area contributed by atoms with Gasteiger partial charge in [0.2, 0.25) is 5.78 Å². The number of rotatable bonds is 5. The highest BCUT2D eigenvalue weighted by Gasteiger charge is 2.32. The zero-order valence-electron chi connectivity index (χ0n) is 14.9. The molecular weight excluding hydrogens is 382 g/mol. The number of hydrazone groups is 1. The van der Waals surface area contributed by atoms with Gasteiger partial charge < -0.3 is 4.74 Å². The Bertz CT molecular complexity index is 1100. The Balaban J connectivity index is 1.75. The van der Waals surface area contributed by atoms with Crippen molar-refractivity contribution < 1.29 is 23.1 Å². The number of para-hydroxylation sites is 1. The van der Waals surface area contributed by atoms with E-state index >= 15 is 0 Å². The lowest BCUT2D eigenvalue weighted by molar-refractivity contribution is -0.132. The summed E-state index contributed by atoms with van der Waals surface area (Å²) in [6.07, 6.45) is 1.50. The van der Waals surface area contributed by atoms with Crippen molar-refractivity contribution in [2.75, 3.05) is 11.6 Å². The largest absolute Gasteiger partial charge is 0.435 e. The Labute approximate surface area is 163 Å². The molecule has 0 saturated carbocycles. The highest BCUT2D eigenvalue weighted by atomic mass is 19.3. The summed E-state index contributed by atoms with van der Waals surface area (Å²) in [5, 5.41) is 9.80. The van der Waals surface area contributed by atoms with E-state index in [1.165, 1.54) is 34.1 Å². The average Bonchev–Trinajstić information content (AvgIpc) is 3.20. The lowest BCUT2D eigenvalue weighted by atomic mass is 10.1. The quantitative estimate of drug-likeness (QED) is 0.620. The van der Waals surface area contributed by atoms with Crippen LogP contribution in [0.15, 0.2) is 72.0 Å². The molecule has 0 bridgehead atoms. The number of carbonyl (C=O) groups is 2. The van der Waals surface area contributed by atoms with E-state index in [4.69, 9.17) is 0 Å². The lowest BCUT2D eigenvalue weighted by Crippen LogP contribution is -2.41. The molecule has 29 heavy (non-hydrogen) atoms. The second-order valence-electron chi connectivity index (χ2n) is 6.10. The third kappa shape index (κ3) is 3.75. The summed E-state index contributed by atoms with van der Waals surface area (Å²) in [6, 6.07) is 16.4. The fourth-order valence-corrected chi connectivity index (χ4v) is 2.94. The van der Waals surface area contributed by atoms with Crippen LogP contribution in [-0.2, 0) is 9.59 Å². The van der Waals surface area contributed by atoms with Gasteiger partial charge in [-0.2, -0.15) is 19.0 Å². The first-order valence-electron chi connectivity index (χ1n) is 8.61. The van der Waals surface area contributed by atoms with E-state index in [1.807, 2.05) is 18.2 Å². The number of hydrogen-bond acceptors (Lipinski definition) is 6. The number of carbonyl (C=O) groups excluding carboxylic acids is 2. The SMILES string of the molecule is O=C1CN(c2cccc(OC(F)F)c2)N=C(c2ccnn2-c2ccccc2)C1=O. The number of Topliss-reactive ketones (excluding diaryl/α,β-unsaturated/α-hetero) is 2. The lowest BCUT2D eigenvalue weighted by Gasteiger charge is -2.24. The molecule has 4 rings (SSSR count). The van der Waals surface area contributed by atoms with Crippen LogP contribution in [0.2, 0.25) is 0 Å². The minimum atomic E-state index is -2.98. The van der Waals surface area contributed by atoms with Crippen LogP contribution in [0.5, 0.6) is 5.75 Å². The molecule has 0 aliphatic carbocycles. The van der Waals surface area contributed by atoms with E-state index in [-0.39, 0.29) is 18.0 Å². The molecule has 1 aliphatic heterocycles. The molecule has 2 aromatic carbocycles. The van der Waals surface area contributed by atoms with Crippen LogP contribution in [0.3, 0.4) is 0 Å². The van der Waals surface area contributed by atoms with Gasteiger partial charge in [-0.05, 0) is 30.3 Å². The van der Waals surface area contributed by atoms with Crippen molar-refractivity contribution in [3.8, 4) is 11.4 Å². The summed E-state index contributed by atoms with van der Waals surface area (Å²) < 4.78 is 30.9. The van der Waals surface area contributed by atoms with Gasteiger partial charge in [0.15, 0.2) is 5.71 Å². The van der Waals surface area contributed by atoms with E-state index in [0.717, 1.165) is 0 Å². The van der Waals surface area contributed by atoms with Gasteiger partial charge in [-0.15, -0.1) is 0 Å². The summed E-state index contributed by atoms with van der Waals surface area (Å²) >= 11 is 0. The Morgan fingerprint density at radius 2 is 1.72 bits per heavy atom. The van der Waals surface area contributed by atoms with Crippen molar-refractivity contribution in [3.63, 3.8) is 0 Å². The first kappa shape index (κ1) is 18.5. The maximum absolute atomic E-state index is 12.5. The molecule has 7 nitrogen and oxygen atoms in total. The van der Waals surface area contributed by atoms with Crippen LogP contribution in [0, 0.1) is 0 Å². The third-order valence-electron chi connectivity index (χ3n) is 4.21. The minimum absolute atomic E-state index is 0.0760. The predicted molar refractivity (Wildman–Crippen MR) is 101 cm³/mol. The normalized spacial score (nSPS) is 14.3. The van der Waals surface area contributed by atoms with Crippen molar-refractivity contribution in [1.82, 2.24) is 9.78 Å². The molecule has 0 N–H and O–H groups in total. The van der Waals surface area contributed by atoms with Gasteiger partial charge in [0.05, 0.1) is 23.3 Å². The van der Waals surface area contributed by atoms with Gasteiger partial charge >= 0.3 is 6.61 Å². The Hall–Kier alpha value is -3.88. The average molecular weight is 396 g/mol. The predicted octanol–water partition coefficient (Wildman–Crippen LogP) is 2.84. The van der Waals surface area contributed by atoms with Crippen LogP contribution in [0.25, 0.3) is 5.69 Å². The molecule has 2 heterocycles. The molecule has 0 spiro atoms. The van der Waals surface area contributed by atoms with E-state index in [2.05, 4.69) is 14.9 Å². The van der Waals surface area contributed by atoms with E-state index < -0.39 is 18.2 Å². The van der Waals surface area contributed by atoms with Gasteiger partial charge in [-0.3, -0.25) is 14.6 Å². The van der Waals surface area contributed by atoms with Crippen molar-refractivity contribution >= 4 is 23.0 Å². The van der Waals surface area contributed by atoms with Crippen molar-refractivity contribution in [2.45, 2.75) is 6.61 Å². The third-order valence-corrected chi connectivity index (χ3v) is 4.21. The van der Waals surface area contributed by atoms with Crippen molar-refractivity contribution in [3.05, 3.63) is 72.6 Å². The number of nitrogens with zero attached hydrogens (tertiary/aromatic N) is 4. The fourth-order valence-electron chi connectivity index (χ4n) is 2.94. The topological polar surface area (TPSA) is 76.8 Å². The smallest absolute Gasteiger partial charge is 0.387 e. The Kier molecular flexibility index (Phi) is 4.86. The molecule has 1 aliphatic rings. The summed E-state index contributed by atoms with van der Waals surface area (Å²) in [5.74, 6) is -1.48. The van der Waals surface area contributed by atoms with E-state index in [0.29, 0.717) is 17.1 Å². The second kappa shape index (κ2) is 7.63. The zero-order valence-corrected chi connectivity index (χ0v) is 14.9. The van der Waals surface area contributed by atoms with Crippen LogP contribution >= 0.6 is 0 Å². The number of anilines is 1. The van der Waals surface area contributed by atoms with E-state index in [9.17, 15) is 18.4 Å². The summed E-state index contributed by atoms with van der Waals surface area (Å²) in [6.45, 7) is -3.28. The standard InChI is InChI=1S/C20H14F2N4O3/c21-20(22)29-15-8-4-7-14(11-15)25-12-17(27)19(28)18(24-25)16-9-10-23-26(16)13-5-2-1-3-6-13/h1-11,20H,12H2. The maximum Gasteiger partial charge on any atom is 0.387 e. The molecule has 0 fully saturated rings. The van der Waals surface area contributed by atoms with Crippen molar-refractivity contribution in [1.29, 1.82) is 0 Å². The monoisotopic (exact) mass is 396 g/mol. The molecule has 0 saturated heterocycles. The molecular formula is C20H14F2N4O3. The molecule has 1 aromatic heterocycles. The Morgan fingerprint density at radius 3 is 2.48 bits per heavy atom. The second-order valence-corrected chi connectivity index (χ2v) is 6.10. The fraction of sp³-hybridized carbons (Fsp3) is 0.100. The molecule has 0 unspecified atom stereocenters. The highest BCUT2D eigenvalue weighted by Crippen LogP contribution is 2.25. The van der Waals surface area contributed by atoms with Crippen molar-refractivity contribution in [2.24, 2.45) is 5.10 Å². The molecule has 3 aromatic rings. The molecule has 0 atom stereocenters. The first-order valence-corrected chi connectivity index (χ1v) is 8.61. The highest BCUT2D eigenvalue weighted by molar-refractivity contribution is 6.69. The molecule has 9 heteroatoms. The molecule has 146 valence electrons. The van der Waals surface area contributed by atoms with Gasteiger partial charge in [0.1, 0.15) is 12.3 Å². The summed E-state index contributed by atoms with van der Waals surface area (Å²) in [4.78, 5) is 24.9. The number of ketones is 2. The summed E-state index contributed by atoms with van der Waals surface area (Å²) in [7, 11) is 0. The number of aromatic nitrogens is 2. The number of benzene rings is 2. The van der Waals surface area contributed by atoms with Gasteiger partial charge in [0.25, 0.3) is 5.78 Å². The van der Waals surface area contributed by atoms with Gasteiger partial charge in [-0.1, -0.05) is 24.3 Å². The van der Waals surface area contributed by atoms with Gasteiger partial charge in [0, 0.05) is 6.07 Å². The number of alkyl halides is 2. The van der Waals surface area contributed by atoms with Crippen LogP contribution in [0.4, 0.5) is 14.5 Å². The minimum Gasteiger partial charge on any atom is -0.435 e. The molecule has 0 amide bonds. The zero-order chi connectivity index (χ0) is 20.4. The van der Waals surface area contributed by atoms with E-state index in [1.54, 1.807) is 24.3 Å². The summed E-state index contributed by atoms with van der Waals surface area (Å²) in [5.41, 5.74) is 1.30. The molecule has 0 radical (unpaired) electrons. The first-order chi connectivity index (χ1) is 14.0. The van der Waals surface area contributed by atoms with Crippen LogP contribution in [-0.4, -0.2) is 40.2 Å². The van der Waals surface area contributed by atoms with Crippen LogP contribution in [0.1, 0.15) is 5.69 Å². The van der Waals surface area contributed by atoms with Crippen LogP contribution < -0.4 is 9.75 Å². The number of halogens is 2. The maximum atomic E-state index is 12.5.